The van der Waals surface area contributed by atoms with Crippen LogP contribution < -0.4 is 16.4 Å². The SMILES string of the molecule is Cc1c(Cl)cccc1NC(=O)C[C@H](NC(N)=O)c1ccccc1. The lowest BCUT2D eigenvalue weighted by atomic mass is 10.0. The molecule has 120 valence electrons. The van der Waals surface area contributed by atoms with Gasteiger partial charge >= 0.3 is 6.03 Å². The molecule has 0 aliphatic carbocycles. The van der Waals surface area contributed by atoms with E-state index in [-0.39, 0.29) is 12.3 Å². The van der Waals surface area contributed by atoms with Gasteiger partial charge in [-0.2, -0.15) is 0 Å². The summed E-state index contributed by atoms with van der Waals surface area (Å²) in [6.45, 7) is 1.83. The lowest BCUT2D eigenvalue weighted by molar-refractivity contribution is -0.116. The van der Waals surface area contributed by atoms with Crippen molar-refractivity contribution < 1.29 is 9.59 Å². The maximum Gasteiger partial charge on any atom is 0.312 e. The number of urea groups is 1. The first-order valence-electron chi connectivity index (χ1n) is 7.13. The second-order valence-corrected chi connectivity index (χ2v) is 5.54. The third kappa shape index (κ3) is 4.72. The van der Waals surface area contributed by atoms with Crippen LogP contribution in [0.1, 0.15) is 23.6 Å². The summed E-state index contributed by atoms with van der Waals surface area (Å²) in [6, 6.07) is 13.3. The van der Waals surface area contributed by atoms with E-state index in [1.54, 1.807) is 18.2 Å². The maximum absolute atomic E-state index is 12.3. The highest BCUT2D eigenvalue weighted by Gasteiger charge is 2.18. The highest BCUT2D eigenvalue weighted by Crippen LogP contribution is 2.24. The van der Waals surface area contributed by atoms with Gasteiger partial charge in [-0.05, 0) is 30.2 Å². The summed E-state index contributed by atoms with van der Waals surface area (Å²) in [5.41, 5.74) is 7.45. The fraction of sp³-hybridized carbons (Fsp3) is 0.176. The van der Waals surface area contributed by atoms with E-state index in [9.17, 15) is 9.59 Å². The number of rotatable bonds is 5. The molecule has 0 aromatic heterocycles. The minimum Gasteiger partial charge on any atom is -0.352 e. The van der Waals surface area contributed by atoms with Crippen molar-refractivity contribution in [2.75, 3.05) is 5.32 Å². The molecule has 23 heavy (non-hydrogen) atoms. The van der Waals surface area contributed by atoms with Crippen LogP contribution in [0.2, 0.25) is 5.02 Å². The van der Waals surface area contributed by atoms with E-state index in [4.69, 9.17) is 17.3 Å². The van der Waals surface area contributed by atoms with E-state index in [0.717, 1.165) is 11.1 Å². The number of carbonyl (C=O) groups excluding carboxylic acids is 2. The molecule has 0 spiro atoms. The minimum atomic E-state index is -0.675. The number of carbonyl (C=O) groups is 2. The van der Waals surface area contributed by atoms with E-state index in [1.807, 2.05) is 37.3 Å². The van der Waals surface area contributed by atoms with Crippen LogP contribution in [0.3, 0.4) is 0 Å². The number of hydrogen-bond acceptors (Lipinski definition) is 2. The van der Waals surface area contributed by atoms with Gasteiger partial charge < -0.3 is 16.4 Å². The molecule has 0 heterocycles. The summed E-state index contributed by atoms with van der Waals surface area (Å²) < 4.78 is 0. The van der Waals surface area contributed by atoms with Gasteiger partial charge in [0.05, 0.1) is 12.5 Å². The zero-order chi connectivity index (χ0) is 16.8. The monoisotopic (exact) mass is 331 g/mol. The lowest BCUT2D eigenvalue weighted by Crippen LogP contribution is -2.35. The summed E-state index contributed by atoms with van der Waals surface area (Å²) in [6.07, 6.45) is 0.0684. The van der Waals surface area contributed by atoms with Crippen molar-refractivity contribution in [3.05, 3.63) is 64.7 Å². The molecule has 6 heteroatoms. The molecule has 4 N–H and O–H groups in total. The van der Waals surface area contributed by atoms with Crippen LogP contribution in [0.25, 0.3) is 0 Å². The largest absolute Gasteiger partial charge is 0.352 e. The average molecular weight is 332 g/mol. The Balaban J connectivity index is 2.11. The van der Waals surface area contributed by atoms with Crippen molar-refractivity contribution in [1.29, 1.82) is 0 Å². The Morgan fingerprint density at radius 1 is 1.13 bits per heavy atom. The van der Waals surface area contributed by atoms with Crippen LogP contribution in [-0.4, -0.2) is 11.9 Å². The Hall–Kier alpha value is -2.53. The second kappa shape index (κ2) is 7.65. The third-order valence-electron chi connectivity index (χ3n) is 3.45. The number of anilines is 1. The van der Waals surface area contributed by atoms with Gasteiger partial charge in [0.25, 0.3) is 0 Å². The van der Waals surface area contributed by atoms with Crippen molar-refractivity contribution in [1.82, 2.24) is 5.32 Å². The fourth-order valence-electron chi connectivity index (χ4n) is 2.24. The number of benzene rings is 2. The molecule has 1 atom stereocenters. The van der Waals surface area contributed by atoms with Gasteiger partial charge in [-0.1, -0.05) is 48.0 Å². The van der Waals surface area contributed by atoms with Gasteiger partial charge in [0.1, 0.15) is 0 Å². The molecule has 0 radical (unpaired) electrons. The number of nitrogens with two attached hydrogens (primary N) is 1. The zero-order valence-corrected chi connectivity index (χ0v) is 13.4. The Morgan fingerprint density at radius 3 is 2.48 bits per heavy atom. The second-order valence-electron chi connectivity index (χ2n) is 5.14. The van der Waals surface area contributed by atoms with E-state index in [0.29, 0.717) is 10.7 Å². The fourth-order valence-corrected chi connectivity index (χ4v) is 2.41. The molecule has 3 amide bonds. The van der Waals surface area contributed by atoms with Gasteiger partial charge in [0, 0.05) is 10.7 Å². The van der Waals surface area contributed by atoms with Crippen LogP contribution in [0.15, 0.2) is 48.5 Å². The van der Waals surface area contributed by atoms with E-state index in [1.165, 1.54) is 0 Å². The Bertz CT molecular complexity index is 704. The highest BCUT2D eigenvalue weighted by atomic mass is 35.5. The molecule has 2 rings (SSSR count). The zero-order valence-electron chi connectivity index (χ0n) is 12.7. The summed E-state index contributed by atoms with van der Waals surface area (Å²) in [5.74, 6) is -0.238. The Kier molecular flexibility index (Phi) is 5.60. The first-order chi connectivity index (χ1) is 11.0. The summed E-state index contributed by atoms with van der Waals surface area (Å²) in [4.78, 5) is 23.5. The predicted octanol–water partition coefficient (Wildman–Crippen LogP) is 3.39. The first-order valence-corrected chi connectivity index (χ1v) is 7.51. The van der Waals surface area contributed by atoms with E-state index >= 15 is 0 Å². The van der Waals surface area contributed by atoms with Crippen molar-refractivity contribution in [3.63, 3.8) is 0 Å². The van der Waals surface area contributed by atoms with Gasteiger partial charge in [-0.15, -0.1) is 0 Å². The number of amides is 3. The summed E-state index contributed by atoms with van der Waals surface area (Å²) in [5, 5.41) is 5.98. The van der Waals surface area contributed by atoms with Crippen LogP contribution in [0.4, 0.5) is 10.5 Å². The number of hydrogen-bond donors (Lipinski definition) is 3. The van der Waals surface area contributed by atoms with Crippen molar-refractivity contribution >= 4 is 29.2 Å². The molecule has 0 aliphatic rings. The Labute approximate surface area is 139 Å². The number of nitrogens with one attached hydrogen (secondary N) is 2. The molecule has 0 saturated carbocycles. The molecule has 0 unspecified atom stereocenters. The average Bonchev–Trinajstić information content (AvgIpc) is 2.51. The smallest absolute Gasteiger partial charge is 0.312 e. The maximum atomic E-state index is 12.3. The number of primary amides is 1. The highest BCUT2D eigenvalue weighted by molar-refractivity contribution is 6.31. The van der Waals surface area contributed by atoms with Crippen LogP contribution >= 0.6 is 11.6 Å². The van der Waals surface area contributed by atoms with Crippen molar-refractivity contribution in [2.24, 2.45) is 5.73 Å². The minimum absolute atomic E-state index is 0.0684. The molecule has 2 aromatic rings. The molecule has 0 saturated heterocycles. The van der Waals surface area contributed by atoms with Crippen LogP contribution in [0.5, 0.6) is 0 Å². The molecule has 5 nitrogen and oxygen atoms in total. The first kappa shape index (κ1) is 16.8. The van der Waals surface area contributed by atoms with Crippen molar-refractivity contribution in [2.45, 2.75) is 19.4 Å². The van der Waals surface area contributed by atoms with Crippen molar-refractivity contribution in [3.8, 4) is 0 Å². The quantitative estimate of drug-likeness (QED) is 0.784. The van der Waals surface area contributed by atoms with Crippen LogP contribution in [-0.2, 0) is 4.79 Å². The summed E-state index contributed by atoms with van der Waals surface area (Å²) >= 11 is 6.04. The Morgan fingerprint density at radius 2 is 1.83 bits per heavy atom. The van der Waals surface area contributed by atoms with Crippen LogP contribution in [0, 0.1) is 6.92 Å². The standard InChI is InChI=1S/C17H18ClN3O2/c1-11-13(18)8-5-9-14(11)20-16(22)10-15(21-17(19)23)12-6-3-2-4-7-12/h2-9,15H,10H2,1H3,(H,20,22)(H3,19,21,23)/t15-/m0/s1. The third-order valence-corrected chi connectivity index (χ3v) is 3.86. The molecule has 0 aliphatic heterocycles. The van der Waals surface area contributed by atoms with Gasteiger partial charge in [0.2, 0.25) is 5.91 Å². The summed E-state index contributed by atoms with van der Waals surface area (Å²) in [7, 11) is 0. The predicted molar refractivity (Wildman–Crippen MR) is 91.3 cm³/mol. The van der Waals surface area contributed by atoms with Gasteiger partial charge in [0.15, 0.2) is 0 Å². The van der Waals surface area contributed by atoms with Gasteiger partial charge in [-0.25, -0.2) is 4.79 Å². The molecular formula is C17H18ClN3O2. The van der Waals surface area contributed by atoms with E-state index < -0.39 is 12.1 Å². The lowest BCUT2D eigenvalue weighted by Gasteiger charge is -2.18. The number of halogens is 1. The molecule has 0 fully saturated rings. The topological polar surface area (TPSA) is 84.2 Å². The van der Waals surface area contributed by atoms with E-state index in [2.05, 4.69) is 10.6 Å². The molecular weight excluding hydrogens is 314 g/mol. The normalized spacial score (nSPS) is 11.6. The van der Waals surface area contributed by atoms with Gasteiger partial charge in [-0.3, -0.25) is 4.79 Å². The molecule has 2 aromatic carbocycles. The molecule has 0 bridgehead atoms.